The number of benzene rings is 1. The number of nitriles is 1. The van der Waals surface area contributed by atoms with Crippen molar-refractivity contribution in [3.8, 4) is 22.4 Å². The summed E-state index contributed by atoms with van der Waals surface area (Å²) in [5.41, 5.74) is 3.13. The van der Waals surface area contributed by atoms with Crippen molar-refractivity contribution in [3.63, 3.8) is 0 Å². The molecule has 0 saturated carbocycles. The van der Waals surface area contributed by atoms with Crippen LogP contribution in [0.1, 0.15) is 22.6 Å². The van der Waals surface area contributed by atoms with Gasteiger partial charge in [0.2, 0.25) is 0 Å². The third-order valence-electron chi connectivity index (χ3n) is 3.05. The van der Waals surface area contributed by atoms with Gasteiger partial charge in [-0.25, -0.2) is 4.98 Å². The van der Waals surface area contributed by atoms with Crippen molar-refractivity contribution in [1.82, 2.24) is 4.98 Å². The van der Waals surface area contributed by atoms with Crippen LogP contribution in [0.15, 0.2) is 18.2 Å². The average Bonchev–Trinajstić information content (AvgIpc) is 2.79. The van der Waals surface area contributed by atoms with Crippen molar-refractivity contribution < 1.29 is 4.74 Å². The van der Waals surface area contributed by atoms with Gasteiger partial charge in [0.05, 0.1) is 12.3 Å². The highest BCUT2D eigenvalue weighted by atomic mass is 32.1. The van der Waals surface area contributed by atoms with E-state index in [4.69, 9.17) is 10.00 Å². The quantitative estimate of drug-likeness (QED) is 0.786. The summed E-state index contributed by atoms with van der Waals surface area (Å²) in [6.45, 7) is 2.68. The molecule has 0 aliphatic carbocycles. The summed E-state index contributed by atoms with van der Waals surface area (Å²) < 4.78 is 5.60. The predicted molar refractivity (Wildman–Crippen MR) is 70.8 cm³/mol. The Morgan fingerprint density at radius 1 is 1.44 bits per heavy atom. The zero-order valence-corrected chi connectivity index (χ0v) is 10.9. The Labute approximate surface area is 110 Å². The molecule has 1 aromatic heterocycles. The highest BCUT2D eigenvalue weighted by Gasteiger charge is 2.14. The molecule has 3 rings (SSSR count). The van der Waals surface area contributed by atoms with E-state index in [9.17, 15) is 0 Å². The van der Waals surface area contributed by atoms with E-state index in [0.717, 1.165) is 41.5 Å². The molecule has 0 unspecified atom stereocenters. The monoisotopic (exact) mass is 256 g/mol. The van der Waals surface area contributed by atoms with Crippen LogP contribution in [0.2, 0.25) is 0 Å². The first-order valence-electron chi connectivity index (χ1n) is 5.91. The van der Waals surface area contributed by atoms with E-state index in [2.05, 4.69) is 17.1 Å². The molecular formula is C14H12N2OS. The van der Waals surface area contributed by atoms with Crippen LogP contribution in [-0.2, 0) is 6.42 Å². The van der Waals surface area contributed by atoms with Crippen LogP contribution in [0, 0.1) is 18.3 Å². The predicted octanol–water partition coefficient (Wildman–Crippen LogP) is 3.32. The molecule has 0 radical (unpaired) electrons. The lowest BCUT2D eigenvalue weighted by molar-refractivity contribution is 0.288. The zero-order chi connectivity index (χ0) is 12.5. The number of rotatable bonds is 1. The Bertz CT molecular complexity index is 640. The van der Waals surface area contributed by atoms with Gasteiger partial charge in [0.1, 0.15) is 21.7 Å². The third kappa shape index (κ3) is 1.87. The Morgan fingerprint density at radius 2 is 2.33 bits per heavy atom. The third-order valence-corrected chi connectivity index (χ3v) is 4.16. The lowest BCUT2D eigenvalue weighted by Gasteiger charge is -2.17. The van der Waals surface area contributed by atoms with Gasteiger partial charge < -0.3 is 4.74 Å². The van der Waals surface area contributed by atoms with Crippen molar-refractivity contribution in [2.24, 2.45) is 0 Å². The minimum Gasteiger partial charge on any atom is -0.493 e. The summed E-state index contributed by atoms with van der Waals surface area (Å²) >= 11 is 1.45. The first-order chi connectivity index (χ1) is 8.78. The summed E-state index contributed by atoms with van der Waals surface area (Å²) in [6.07, 6.45) is 2.12. The number of fused-ring (bicyclic) bond motifs is 1. The van der Waals surface area contributed by atoms with E-state index in [0.29, 0.717) is 4.88 Å². The molecule has 0 fully saturated rings. The molecule has 1 aliphatic rings. The number of ether oxygens (including phenoxy) is 1. The van der Waals surface area contributed by atoms with Crippen LogP contribution >= 0.6 is 11.3 Å². The topological polar surface area (TPSA) is 45.9 Å². The van der Waals surface area contributed by atoms with Crippen molar-refractivity contribution in [1.29, 1.82) is 5.26 Å². The van der Waals surface area contributed by atoms with Gasteiger partial charge in [-0.15, -0.1) is 11.3 Å². The van der Waals surface area contributed by atoms with Gasteiger partial charge in [0.25, 0.3) is 0 Å². The Balaban J connectivity index is 2.04. The number of hydrogen-bond donors (Lipinski definition) is 0. The molecule has 1 aromatic carbocycles. The fraction of sp³-hybridized carbons (Fsp3) is 0.286. The maximum atomic E-state index is 8.97. The second-order valence-corrected chi connectivity index (χ2v) is 5.32. The molecule has 3 nitrogen and oxygen atoms in total. The molecule has 0 N–H and O–H groups in total. The maximum Gasteiger partial charge on any atom is 0.128 e. The lowest BCUT2D eigenvalue weighted by atomic mass is 10.0. The molecule has 0 bridgehead atoms. The van der Waals surface area contributed by atoms with E-state index in [-0.39, 0.29) is 0 Å². The van der Waals surface area contributed by atoms with Gasteiger partial charge in [-0.3, -0.25) is 0 Å². The number of hydrogen-bond acceptors (Lipinski definition) is 4. The van der Waals surface area contributed by atoms with E-state index in [1.165, 1.54) is 16.9 Å². The first kappa shape index (κ1) is 11.2. The Kier molecular flexibility index (Phi) is 2.77. The first-order valence-corrected chi connectivity index (χ1v) is 6.73. The molecule has 4 heteroatoms. The Hall–Kier alpha value is -1.86. The normalized spacial score (nSPS) is 13.6. The standard InChI is InChI=1S/C14H12N2OS/c1-9-13(8-15)18-14(16-9)11-4-5-12-10(7-11)3-2-6-17-12/h4-5,7H,2-3,6H2,1H3. The molecule has 0 amide bonds. The molecular weight excluding hydrogens is 244 g/mol. The molecule has 18 heavy (non-hydrogen) atoms. The van der Waals surface area contributed by atoms with Crippen LogP contribution in [0.25, 0.3) is 10.6 Å². The van der Waals surface area contributed by atoms with Crippen LogP contribution in [0.3, 0.4) is 0 Å². The van der Waals surface area contributed by atoms with Crippen LogP contribution in [0.5, 0.6) is 5.75 Å². The van der Waals surface area contributed by atoms with Gasteiger partial charge in [-0.05, 0) is 43.5 Å². The second-order valence-electron chi connectivity index (χ2n) is 4.32. The van der Waals surface area contributed by atoms with Crippen LogP contribution in [0.4, 0.5) is 0 Å². The summed E-state index contributed by atoms with van der Waals surface area (Å²) in [5.74, 6) is 0.985. The van der Waals surface area contributed by atoms with Gasteiger partial charge in [-0.1, -0.05) is 0 Å². The van der Waals surface area contributed by atoms with Gasteiger partial charge >= 0.3 is 0 Å². The van der Waals surface area contributed by atoms with Gasteiger partial charge in [0.15, 0.2) is 0 Å². The molecule has 1 aliphatic heterocycles. The average molecular weight is 256 g/mol. The van der Waals surface area contributed by atoms with E-state index >= 15 is 0 Å². The van der Waals surface area contributed by atoms with Gasteiger partial charge in [0, 0.05) is 5.56 Å². The number of aromatic nitrogens is 1. The summed E-state index contributed by atoms with van der Waals surface area (Å²) in [7, 11) is 0. The minimum atomic E-state index is 0.693. The van der Waals surface area contributed by atoms with E-state index in [1.54, 1.807) is 0 Å². The van der Waals surface area contributed by atoms with Crippen LogP contribution in [-0.4, -0.2) is 11.6 Å². The van der Waals surface area contributed by atoms with Crippen molar-refractivity contribution in [3.05, 3.63) is 34.3 Å². The molecule has 0 saturated heterocycles. The van der Waals surface area contributed by atoms with Crippen LogP contribution < -0.4 is 4.74 Å². The minimum absolute atomic E-state index is 0.693. The summed E-state index contributed by atoms with van der Waals surface area (Å²) in [6, 6.07) is 8.34. The molecule has 90 valence electrons. The fourth-order valence-corrected chi connectivity index (χ4v) is 2.98. The maximum absolute atomic E-state index is 8.97. The van der Waals surface area contributed by atoms with E-state index in [1.807, 2.05) is 19.1 Å². The SMILES string of the molecule is Cc1nc(-c2ccc3c(c2)CCCO3)sc1C#N. The zero-order valence-electron chi connectivity index (χ0n) is 10.1. The molecule has 2 heterocycles. The Morgan fingerprint density at radius 3 is 3.11 bits per heavy atom. The van der Waals surface area contributed by atoms with Gasteiger partial charge in [-0.2, -0.15) is 5.26 Å². The highest BCUT2D eigenvalue weighted by Crippen LogP contribution is 2.32. The number of nitrogens with zero attached hydrogens (tertiary/aromatic N) is 2. The largest absolute Gasteiger partial charge is 0.493 e. The smallest absolute Gasteiger partial charge is 0.128 e. The summed E-state index contributed by atoms with van der Waals surface area (Å²) in [5, 5.41) is 9.89. The second kappa shape index (κ2) is 4.43. The number of thiazole rings is 1. The fourth-order valence-electron chi connectivity index (χ4n) is 2.12. The molecule has 2 aromatic rings. The summed E-state index contributed by atoms with van der Waals surface area (Å²) in [4.78, 5) is 5.15. The lowest BCUT2D eigenvalue weighted by Crippen LogP contribution is -2.07. The van der Waals surface area contributed by atoms with Crippen molar-refractivity contribution >= 4 is 11.3 Å². The van der Waals surface area contributed by atoms with E-state index < -0.39 is 0 Å². The van der Waals surface area contributed by atoms with Crippen molar-refractivity contribution in [2.75, 3.05) is 6.61 Å². The number of aryl methyl sites for hydroxylation is 2. The molecule has 0 atom stereocenters. The molecule has 0 spiro atoms. The highest BCUT2D eigenvalue weighted by molar-refractivity contribution is 7.15. The van der Waals surface area contributed by atoms with Crippen molar-refractivity contribution in [2.45, 2.75) is 19.8 Å².